The van der Waals surface area contributed by atoms with Crippen molar-refractivity contribution in [2.75, 3.05) is 5.32 Å². The summed E-state index contributed by atoms with van der Waals surface area (Å²) in [7, 11) is 0. The Balaban J connectivity index is 1.87. The number of nitrogens with zero attached hydrogens (tertiary/aromatic N) is 1. The zero-order valence-electron chi connectivity index (χ0n) is 12.7. The molecule has 1 aromatic carbocycles. The number of para-hydroxylation sites is 2. The predicted molar refractivity (Wildman–Crippen MR) is 85.6 cm³/mol. The van der Waals surface area contributed by atoms with Crippen molar-refractivity contribution in [3.05, 3.63) is 62.5 Å². The standard InChI is InChI=1S/C16H15N3O4/c1-9-7-11(15(21)17-10(9)2)18-14(20)8-19-12-5-3-4-6-13(12)23-16(19)22/h3-7H,8H2,1-2H3,(H,17,21)(H,18,20). The molecule has 23 heavy (non-hydrogen) atoms. The van der Waals surface area contributed by atoms with E-state index in [4.69, 9.17) is 4.42 Å². The van der Waals surface area contributed by atoms with Gasteiger partial charge in [0.15, 0.2) is 5.58 Å². The molecule has 0 aliphatic carbocycles. The number of anilines is 1. The van der Waals surface area contributed by atoms with Gasteiger partial charge in [0.1, 0.15) is 12.2 Å². The van der Waals surface area contributed by atoms with E-state index in [0.29, 0.717) is 11.1 Å². The van der Waals surface area contributed by atoms with Crippen molar-refractivity contribution in [1.29, 1.82) is 0 Å². The van der Waals surface area contributed by atoms with Crippen molar-refractivity contribution in [1.82, 2.24) is 9.55 Å². The summed E-state index contributed by atoms with van der Waals surface area (Å²) in [6, 6.07) is 8.43. The van der Waals surface area contributed by atoms with Crippen LogP contribution >= 0.6 is 0 Å². The van der Waals surface area contributed by atoms with Crippen LogP contribution in [0.15, 0.2) is 44.3 Å². The number of carbonyl (C=O) groups is 1. The lowest BCUT2D eigenvalue weighted by Crippen LogP contribution is -2.27. The maximum Gasteiger partial charge on any atom is 0.420 e. The summed E-state index contributed by atoms with van der Waals surface area (Å²) in [5, 5.41) is 2.52. The zero-order chi connectivity index (χ0) is 16.6. The van der Waals surface area contributed by atoms with E-state index in [1.54, 1.807) is 37.3 Å². The number of aromatic nitrogens is 2. The number of hydrogen-bond acceptors (Lipinski definition) is 4. The van der Waals surface area contributed by atoms with Gasteiger partial charge in [-0.05, 0) is 37.6 Å². The van der Waals surface area contributed by atoms with Crippen LogP contribution in [0.4, 0.5) is 5.69 Å². The van der Waals surface area contributed by atoms with Crippen molar-refractivity contribution < 1.29 is 9.21 Å². The molecule has 0 aliphatic heterocycles. The molecule has 7 heteroatoms. The summed E-state index contributed by atoms with van der Waals surface area (Å²) >= 11 is 0. The number of fused-ring (bicyclic) bond motifs is 1. The maximum atomic E-state index is 12.2. The van der Waals surface area contributed by atoms with Crippen molar-refractivity contribution >= 4 is 22.7 Å². The van der Waals surface area contributed by atoms with Crippen molar-refractivity contribution in [2.45, 2.75) is 20.4 Å². The van der Waals surface area contributed by atoms with Crippen molar-refractivity contribution in [3.63, 3.8) is 0 Å². The summed E-state index contributed by atoms with van der Waals surface area (Å²) < 4.78 is 6.29. The third kappa shape index (κ3) is 2.80. The lowest BCUT2D eigenvalue weighted by molar-refractivity contribution is -0.116. The van der Waals surface area contributed by atoms with E-state index in [1.165, 1.54) is 4.57 Å². The van der Waals surface area contributed by atoms with E-state index >= 15 is 0 Å². The second-order valence-corrected chi connectivity index (χ2v) is 5.29. The Morgan fingerprint density at radius 3 is 2.78 bits per heavy atom. The highest BCUT2D eigenvalue weighted by molar-refractivity contribution is 5.91. The minimum atomic E-state index is -0.615. The third-order valence-corrected chi connectivity index (χ3v) is 3.65. The van der Waals surface area contributed by atoms with Gasteiger partial charge in [-0.3, -0.25) is 14.2 Å². The Bertz CT molecular complexity index is 1010. The predicted octanol–water partition coefficient (Wildman–Crippen LogP) is 1.54. The first-order valence-electron chi connectivity index (χ1n) is 7.04. The Labute approximate surface area is 130 Å². The number of benzene rings is 1. The van der Waals surface area contributed by atoms with Gasteiger partial charge in [0, 0.05) is 5.69 Å². The first-order chi connectivity index (χ1) is 11.0. The number of amides is 1. The fourth-order valence-corrected chi connectivity index (χ4v) is 2.32. The maximum absolute atomic E-state index is 12.2. The van der Waals surface area contributed by atoms with Crippen LogP contribution in [-0.2, 0) is 11.3 Å². The molecular formula is C16H15N3O4. The van der Waals surface area contributed by atoms with Gasteiger partial charge in [-0.15, -0.1) is 0 Å². The molecule has 0 radical (unpaired) electrons. The van der Waals surface area contributed by atoms with Gasteiger partial charge >= 0.3 is 5.76 Å². The average Bonchev–Trinajstić information content (AvgIpc) is 2.81. The molecule has 3 rings (SSSR count). The topological polar surface area (TPSA) is 97.1 Å². The Morgan fingerprint density at radius 2 is 2.00 bits per heavy atom. The van der Waals surface area contributed by atoms with Crippen LogP contribution in [0.2, 0.25) is 0 Å². The van der Waals surface area contributed by atoms with Crippen LogP contribution in [0, 0.1) is 13.8 Å². The van der Waals surface area contributed by atoms with Crippen LogP contribution in [0.25, 0.3) is 11.1 Å². The van der Waals surface area contributed by atoms with Crippen LogP contribution in [-0.4, -0.2) is 15.5 Å². The fourth-order valence-electron chi connectivity index (χ4n) is 2.32. The normalized spacial score (nSPS) is 10.9. The minimum absolute atomic E-state index is 0.152. The molecule has 7 nitrogen and oxygen atoms in total. The molecule has 0 saturated heterocycles. The SMILES string of the molecule is Cc1cc(NC(=O)Cn2c(=O)oc3ccccc32)c(=O)[nH]c1C. The van der Waals surface area contributed by atoms with Gasteiger partial charge in [-0.25, -0.2) is 4.79 Å². The fraction of sp³-hybridized carbons (Fsp3) is 0.188. The average molecular weight is 313 g/mol. The van der Waals surface area contributed by atoms with Crippen LogP contribution in [0.3, 0.4) is 0 Å². The highest BCUT2D eigenvalue weighted by Gasteiger charge is 2.13. The second-order valence-electron chi connectivity index (χ2n) is 5.29. The molecule has 0 saturated carbocycles. The molecular weight excluding hydrogens is 298 g/mol. The van der Waals surface area contributed by atoms with E-state index in [0.717, 1.165) is 11.3 Å². The van der Waals surface area contributed by atoms with Crippen molar-refractivity contribution in [2.24, 2.45) is 0 Å². The molecule has 1 amide bonds. The summed E-state index contributed by atoms with van der Waals surface area (Å²) in [5.74, 6) is -1.09. The van der Waals surface area contributed by atoms with E-state index in [-0.39, 0.29) is 17.8 Å². The number of rotatable bonds is 3. The highest BCUT2D eigenvalue weighted by atomic mass is 16.4. The highest BCUT2D eigenvalue weighted by Crippen LogP contribution is 2.12. The monoisotopic (exact) mass is 313 g/mol. The number of hydrogen-bond donors (Lipinski definition) is 2. The molecule has 2 heterocycles. The molecule has 118 valence electrons. The molecule has 0 unspecified atom stereocenters. The number of aromatic amines is 1. The Morgan fingerprint density at radius 1 is 1.26 bits per heavy atom. The number of pyridine rings is 1. The number of nitrogens with one attached hydrogen (secondary N) is 2. The van der Waals surface area contributed by atoms with Gasteiger partial charge in [-0.1, -0.05) is 12.1 Å². The summed E-state index contributed by atoms with van der Waals surface area (Å²) in [6.45, 7) is 3.37. The zero-order valence-corrected chi connectivity index (χ0v) is 12.7. The summed E-state index contributed by atoms with van der Waals surface area (Å²) in [5.41, 5.74) is 2.30. The van der Waals surface area contributed by atoms with E-state index in [1.807, 2.05) is 6.92 Å². The molecule has 0 spiro atoms. The molecule has 0 aliphatic rings. The number of oxazole rings is 1. The third-order valence-electron chi connectivity index (χ3n) is 3.65. The van der Waals surface area contributed by atoms with E-state index < -0.39 is 11.7 Å². The molecule has 0 bridgehead atoms. The van der Waals surface area contributed by atoms with Gasteiger partial charge in [0.2, 0.25) is 5.91 Å². The number of carbonyl (C=O) groups excluding carboxylic acids is 1. The van der Waals surface area contributed by atoms with Gasteiger partial charge in [0.05, 0.1) is 5.52 Å². The van der Waals surface area contributed by atoms with E-state index in [9.17, 15) is 14.4 Å². The Kier molecular flexibility index (Phi) is 3.61. The van der Waals surface area contributed by atoms with Gasteiger partial charge < -0.3 is 14.7 Å². The molecule has 0 atom stereocenters. The van der Waals surface area contributed by atoms with Gasteiger partial charge in [-0.2, -0.15) is 0 Å². The van der Waals surface area contributed by atoms with Crippen LogP contribution in [0.5, 0.6) is 0 Å². The molecule has 0 fully saturated rings. The lowest BCUT2D eigenvalue weighted by Gasteiger charge is -2.07. The summed E-state index contributed by atoms with van der Waals surface area (Å²) in [6.07, 6.45) is 0. The van der Waals surface area contributed by atoms with Crippen LogP contribution in [0.1, 0.15) is 11.3 Å². The molecule has 2 N–H and O–H groups in total. The number of aryl methyl sites for hydroxylation is 2. The smallest absolute Gasteiger partial charge is 0.408 e. The summed E-state index contributed by atoms with van der Waals surface area (Å²) in [4.78, 5) is 38.5. The lowest BCUT2D eigenvalue weighted by atomic mass is 10.2. The second kappa shape index (κ2) is 5.60. The first-order valence-corrected chi connectivity index (χ1v) is 7.04. The largest absolute Gasteiger partial charge is 0.420 e. The minimum Gasteiger partial charge on any atom is -0.408 e. The van der Waals surface area contributed by atoms with Gasteiger partial charge in [0.25, 0.3) is 5.56 Å². The Hall–Kier alpha value is -3.09. The first kappa shape index (κ1) is 14.8. The van der Waals surface area contributed by atoms with Crippen LogP contribution < -0.4 is 16.6 Å². The molecule has 2 aromatic heterocycles. The molecule has 3 aromatic rings. The van der Waals surface area contributed by atoms with Crippen molar-refractivity contribution in [3.8, 4) is 0 Å². The quantitative estimate of drug-likeness (QED) is 0.766. The van der Waals surface area contributed by atoms with E-state index in [2.05, 4.69) is 10.3 Å². The number of H-pyrrole nitrogens is 1.